The van der Waals surface area contributed by atoms with Gasteiger partial charge in [-0.25, -0.2) is 0 Å². The average Bonchev–Trinajstić information content (AvgIpc) is 2.40. The Kier molecular flexibility index (Phi) is 3.99. The summed E-state index contributed by atoms with van der Waals surface area (Å²) in [4.78, 5) is 2.36. The van der Waals surface area contributed by atoms with Crippen molar-refractivity contribution < 1.29 is 4.74 Å². The Morgan fingerprint density at radius 3 is 2.75 bits per heavy atom. The molecule has 0 amide bonds. The fourth-order valence-corrected chi connectivity index (χ4v) is 3.59. The fraction of sp³-hybridized carbons (Fsp3) is 0.647. The SMILES string of the molecule is CN1CCCC(Oc2ccccc2C2(CN)CCC2)C1. The largest absolute Gasteiger partial charge is 0.489 e. The van der Waals surface area contributed by atoms with Gasteiger partial charge in [0, 0.05) is 24.1 Å². The summed E-state index contributed by atoms with van der Waals surface area (Å²) in [6.07, 6.45) is 6.41. The van der Waals surface area contributed by atoms with Gasteiger partial charge in [-0.1, -0.05) is 24.6 Å². The number of hydrogen-bond donors (Lipinski definition) is 1. The van der Waals surface area contributed by atoms with E-state index in [1.54, 1.807) is 0 Å². The second-order valence-corrected chi connectivity index (χ2v) is 6.48. The van der Waals surface area contributed by atoms with E-state index in [2.05, 4.69) is 36.2 Å². The number of benzene rings is 1. The Morgan fingerprint density at radius 1 is 1.30 bits per heavy atom. The molecule has 1 aliphatic heterocycles. The molecule has 2 fully saturated rings. The third-order valence-electron chi connectivity index (χ3n) is 5.03. The van der Waals surface area contributed by atoms with E-state index in [1.165, 1.54) is 37.8 Å². The molecule has 1 heterocycles. The van der Waals surface area contributed by atoms with Crippen LogP contribution < -0.4 is 10.5 Å². The highest BCUT2D eigenvalue weighted by Crippen LogP contribution is 2.46. The van der Waals surface area contributed by atoms with Crippen molar-refractivity contribution in [2.75, 3.05) is 26.7 Å². The number of nitrogens with zero attached hydrogens (tertiary/aromatic N) is 1. The summed E-state index contributed by atoms with van der Waals surface area (Å²) in [5.41, 5.74) is 7.57. The van der Waals surface area contributed by atoms with E-state index in [4.69, 9.17) is 10.5 Å². The fourth-order valence-electron chi connectivity index (χ4n) is 3.59. The van der Waals surface area contributed by atoms with Crippen molar-refractivity contribution in [1.29, 1.82) is 0 Å². The van der Waals surface area contributed by atoms with Gasteiger partial charge in [0.1, 0.15) is 11.9 Å². The first-order valence-electron chi connectivity index (χ1n) is 7.88. The molecule has 0 aromatic heterocycles. The van der Waals surface area contributed by atoms with Crippen LogP contribution in [0.4, 0.5) is 0 Å². The maximum absolute atomic E-state index is 6.34. The molecule has 0 spiro atoms. The van der Waals surface area contributed by atoms with Crippen LogP contribution >= 0.6 is 0 Å². The Hall–Kier alpha value is -1.06. The lowest BCUT2D eigenvalue weighted by molar-refractivity contribution is 0.0999. The Labute approximate surface area is 122 Å². The van der Waals surface area contributed by atoms with E-state index in [0.29, 0.717) is 6.10 Å². The zero-order valence-corrected chi connectivity index (χ0v) is 12.5. The van der Waals surface area contributed by atoms with Gasteiger partial charge in [-0.15, -0.1) is 0 Å². The van der Waals surface area contributed by atoms with Crippen LogP contribution in [0.25, 0.3) is 0 Å². The molecule has 0 bridgehead atoms. The van der Waals surface area contributed by atoms with Gasteiger partial charge in [-0.2, -0.15) is 0 Å². The summed E-state index contributed by atoms with van der Waals surface area (Å²) in [6, 6.07) is 8.53. The van der Waals surface area contributed by atoms with E-state index >= 15 is 0 Å². The number of rotatable bonds is 4. The number of ether oxygens (including phenoxy) is 1. The van der Waals surface area contributed by atoms with E-state index in [1.807, 2.05) is 0 Å². The molecular weight excluding hydrogens is 248 g/mol. The molecule has 3 rings (SSSR count). The molecule has 1 atom stereocenters. The predicted octanol–water partition coefficient (Wildman–Crippen LogP) is 2.54. The monoisotopic (exact) mass is 274 g/mol. The van der Waals surface area contributed by atoms with Crippen molar-refractivity contribution in [1.82, 2.24) is 4.90 Å². The number of nitrogens with two attached hydrogens (primary N) is 1. The molecule has 3 nitrogen and oxygen atoms in total. The molecule has 1 unspecified atom stereocenters. The molecule has 2 aliphatic rings. The summed E-state index contributed by atoms with van der Waals surface area (Å²) >= 11 is 0. The molecule has 0 radical (unpaired) electrons. The number of likely N-dealkylation sites (tertiary alicyclic amines) is 1. The van der Waals surface area contributed by atoms with Crippen LogP contribution in [-0.2, 0) is 5.41 Å². The molecule has 1 aromatic rings. The normalized spacial score (nSPS) is 26.0. The van der Waals surface area contributed by atoms with Gasteiger partial charge in [0.05, 0.1) is 0 Å². The number of hydrogen-bond acceptors (Lipinski definition) is 3. The molecule has 1 aliphatic carbocycles. The van der Waals surface area contributed by atoms with Crippen molar-refractivity contribution in [3.8, 4) is 5.75 Å². The van der Waals surface area contributed by atoms with Crippen LogP contribution in [0.2, 0.25) is 0 Å². The lowest BCUT2D eigenvalue weighted by atomic mass is 9.64. The molecule has 20 heavy (non-hydrogen) atoms. The van der Waals surface area contributed by atoms with E-state index in [0.717, 1.165) is 25.3 Å². The molecular formula is C17H26N2O. The predicted molar refractivity (Wildman–Crippen MR) is 82.2 cm³/mol. The van der Waals surface area contributed by atoms with Crippen LogP contribution in [0, 0.1) is 0 Å². The van der Waals surface area contributed by atoms with Crippen LogP contribution in [0.3, 0.4) is 0 Å². The standard InChI is InChI=1S/C17H26N2O/c1-19-11-4-6-14(12-19)20-16-8-3-2-7-15(16)17(13-18)9-5-10-17/h2-3,7-8,14H,4-6,9-13,18H2,1H3. The second kappa shape index (κ2) is 5.74. The molecule has 110 valence electrons. The highest BCUT2D eigenvalue weighted by Gasteiger charge is 2.39. The molecule has 1 saturated heterocycles. The number of likely N-dealkylation sites (N-methyl/N-ethyl adjacent to an activating group) is 1. The lowest BCUT2D eigenvalue weighted by Crippen LogP contribution is -2.43. The van der Waals surface area contributed by atoms with Crippen molar-refractivity contribution in [3.63, 3.8) is 0 Å². The lowest BCUT2D eigenvalue weighted by Gasteiger charge is -2.43. The minimum atomic E-state index is 0.178. The number of para-hydroxylation sites is 1. The molecule has 1 saturated carbocycles. The van der Waals surface area contributed by atoms with Gasteiger partial charge in [0.2, 0.25) is 0 Å². The highest BCUT2D eigenvalue weighted by atomic mass is 16.5. The Bertz CT molecular complexity index is 451. The maximum Gasteiger partial charge on any atom is 0.123 e. The molecule has 1 aromatic carbocycles. The summed E-state index contributed by atoms with van der Waals surface area (Å²) in [5.74, 6) is 1.07. The average molecular weight is 274 g/mol. The minimum Gasteiger partial charge on any atom is -0.489 e. The van der Waals surface area contributed by atoms with Crippen molar-refractivity contribution in [2.45, 2.75) is 43.6 Å². The van der Waals surface area contributed by atoms with Crippen molar-refractivity contribution in [2.24, 2.45) is 5.73 Å². The Balaban J connectivity index is 1.79. The molecule has 3 heteroatoms. The van der Waals surface area contributed by atoms with Crippen LogP contribution in [0.15, 0.2) is 24.3 Å². The van der Waals surface area contributed by atoms with Gasteiger partial charge in [-0.05, 0) is 45.3 Å². The Morgan fingerprint density at radius 2 is 2.10 bits per heavy atom. The summed E-state index contributed by atoms with van der Waals surface area (Å²) in [5, 5.41) is 0. The van der Waals surface area contributed by atoms with Gasteiger partial charge >= 0.3 is 0 Å². The molecule has 2 N–H and O–H groups in total. The maximum atomic E-state index is 6.34. The van der Waals surface area contributed by atoms with Crippen molar-refractivity contribution in [3.05, 3.63) is 29.8 Å². The first kappa shape index (κ1) is 13.9. The van der Waals surface area contributed by atoms with Crippen LogP contribution in [0.1, 0.15) is 37.7 Å². The smallest absolute Gasteiger partial charge is 0.123 e. The first-order valence-corrected chi connectivity index (χ1v) is 7.88. The van der Waals surface area contributed by atoms with Crippen molar-refractivity contribution >= 4 is 0 Å². The highest BCUT2D eigenvalue weighted by molar-refractivity contribution is 5.41. The minimum absolute atomic E-state index is 0.178. The van der Waals surface area contributed by atoms with Gasteiger partial charge in [-0.3, -0.25) is 0 Å². The summed E-state index contributed by atoms with van der Waals surface area (Å²) in [6.45, 7) is 2.95. The van der Waals surface area contributed by atoms with Crippen LogP contribution in [0.5, 0.6) is 5.75 Å². The topological polar surface area (TPSA) is 38.5 Å². The van der Waals surface area contributed by atoms with Gasteiger partial charge < -0.3 is 15.4 Å². The quantitative estimate of drug-likeness (QED) is 0.917. The van der Waals surface area contributed by atoms with E-state index in [-0.39, 0.29) is 5.41 Å². The first-order chi connectivity index (χ1) is 9.73. The van der Waals surface area contributed by atoms with Gasteiger partial charge in [0.25, 0.3) is 0 Å². The second-order valence-electron chi connectivity index (χ2n) is 6.48. The summed E-state index contributed by atoms with van der Waals surface area (Å²) in [7, 11) is 2.18. The zero-order valence-electron chi connectivity index (χ0n) is 12.5. The summed E-state index contributed by atoms with van der Waals surface area (Å²) < 4.78 is 6.34. The third kappa shape index (κ3) is 2.57. The third-order valence-corrected chi connectivity index (χ3v) is 5.03. The van der Waals surface area contributed by atoms with Gasteiger partial charge in [0.15, 0.2) is 0 Å². The number of piperidine rings is 1. The van der Waals surface area contributed by atoms with Crippen LogP contribution in [-0.4, -0.2) is 37.7 Å². The zero-order chi connectivity index (χ0) is 14.0. The van der Waals surface area contributed by atoms with E-state index < -0.39 is 0 Å². The van der Waals surface area contributed by atoms with E-state index in [9.17, 15) is 0 Å².